The Bertz CT molecular complexity index is 756. The van der Waals surface area contributed by atoms with Gasteiger partial charge in [-0.2, -0.15) is 0 Å². The molecule has 0 spiro atoms. The second-order valence-electron chi connectivity index (χ2n) is 4.69. The fourth-order valence-corrected chi connectivity index (χ4v) is 2.00. The third kappa shape index (κ3) is 3.17. The lowest BCUT2D eigenvalue weighted by Crippen LogP contribution is -2.36. The topological polar surface area (TPSA) is 84.5 Å². The number of nitrogens with one attached hydrogen (secondary N) is 2. The highest BCUT2D eigenvalue weighted by atomic mass is 16.3. The van der Waals surface area contributed by atoms with Crippen molar-refractivity contribution in [2.45, 2.75) is 6.54 Å². The van der Waals surface area contributed by atoms with Gasteiger partial charge in [-0.3, -0.25) is 9.59 Å². The summed E-state index contributed by atoms with van der Waals surface area (Å²) in [6, 6.07) is 12.5. The van der Waals surface area contributed by atoms with E-state index in [2.05, 4.69) is 10.6 Å². The van der Waals surface area contributed by atoms with Crippen molar-refractivity contribution in [3.63, 3.8) is 0 Å². The van der Waals surface area contributed by atoms with Gasteiger partial charge in [-0.05, 0) is 24.3 Å². The Labute approximate surface area is 126 Å². The van der Waals surface area contributed by atoms with Crippen LogP contribution in [-0.4, -0.2) is 18.4 Å². The molecule has 0 fully saturated rings. The predicted octanol–water partition coefficient (Wildman–Crippen LogP) is 2.07. The Morgan fingerprint density at radius 3 is 2.68 bits per heavy atom. The number of rotatable bonds is 5. The smallest absolute Gasteiger partial charge is 0.287 e. The van der Waals surface area contributed by atoms with Crippen LogP contribution < -0.4 is 10.6 Å². The van der Waals surface area contributed by atoms with Crippen LogP contribution in [0.5, 0.6) is 0 Å². The first-order valence-electron chi connectivity index (χ1n) is 6.78. The van der Waals surface area contributed by atoms with Crippen molar-refractivity contribution in [1.82, 2.24) is 10.6 Å². The average Bonchev–Trinajstić information content (AvgIpc) is 3.19. The van der Waals surface area contributed by atoms with E-state index in [4.69, 9.17) is 8.83 Å². The van der Waals surface area contributed by atoms with Gasteiger partial charge in [0, 0.05) is 5.39 Å². The molecule has 6 nitrogen and oxygen atoms in total. The van der Waals surface area contributed by atoms with Gasteiger partial charge in [0.1, 0.15) is 11.3 Å². The maximum atomic E-state index is 11.9. The van der Waals surface area contributed by atoms with Crippen molar-refractivity contribution >= 4 is 22.8 Å². The van der Waals surface area contributed by atoms with Crippen LogP contribution in [0, 0.1) is 0 Å². The van der Waals surface area contributed by atoms with Crippen LogP contribution >= 0.6 is 0 Å². The minimum absolute atomic E-state index is 0.128. The Morgan fingerprint density at radius 1 is 1.05 bits per heavy atom. The van der Waals surface area contributed by atoms with E-state index in [0.29, 0.717) is 11.3 Å². The van der Waals surface area contributed by atoms with Crippen LogP contribution in [0.1, 0.15) is 16.3 Å². The summed E-state index contributed by atoms with van der Waals surface area (Å²) < 4.78 is 10.5. The van der Waals surface area contributed by atoms with E-state index in [-0.39, 0.29) is 24.8 Å². The molecule has 2 heterocycles. The van der Waals surface area contributed by atoms with Crippen molar-refractivity contribution < 1.29 is 18.4 Å². The SMILES string of the molecule is O=C(CNC(=O)c1cc2ccccc2o1)NCc1ccco1. The van der Waals surface area contributed by atoms with E-state index in [0.717, 1.165) is 5.39 Å². The first kappa shape index (κ1) is 13.9. The molecule has 0 saturated heterocycles. The quantitative estimate of drug-likeness (QED) is 0.755. The Kier molecular flexibility index (Phi) is 3.91. The van der Waals surface area contributed by atoms with Gasteiger partial charge in [0.05, 0.1) is 19.4 Å². The van der Waals surface area contributed by atoms with Crippen LogP contribution in [0.4, 0.5) is 0 Å². The molecule has 0 radical (unpaired) electrons. The molecule has 3 rings (SSSR count). The number of carbonyl (C=O) groups excluding carboxylic acids is 2. The minimum atomic E-state index is -0.427. The lowest BCUT2D eigenvalue weighted by molar-refractivity contribution is -0.120. The van der Waals surface area contributed by atoms with E-state index >= 15 is 0 Å². The molecule has 0 aliphatic heterocycles. The molecular weight excluding hydrogens is 284 g/mol. The summed E-state index contributed by atoms with van der Waals surface area (Å²) in [4.78, 5) is 23.6. The summed E-state index contributed by atoms with van der Waals surface area (Å²) in [5, 5.41) is 6.00. The fourth-order valence-electron chi connectivity index (χ4n) is 2.00. The van der Waals surface area contributed by atoms with Crippen molar-refractivity contribution in [2.75, 3.05) is 6.54 Å². The third-order valence-corrected chi connectivity index (χ3v) is 3.10. The van der Waals surface area contributed by atoms with E-state index in [9.17, 15) is 9.59 Å². The number of hydrogen-bond acceptors (Lipinski definition) is 4. The molecule has 22 heavy (non-hydrogen) atoms. The molecule has 0 bridgehead atoms. The van der Waals surface area contributed by atoms with Crippen molar-refractivity contribution in [3.8, 4) is 0 Å². The first-order chi connectivity index (χ1) is 10.7. The Hall–Kier alpha value is -3.02. The van der Waals surface area contributed by atoms with Gasteiger partial charge in [-0.1, -0.05) is 18.2 Å². The zero-order valence-corrected chi connectivity index (χ0v) is 11.7. The number of fused-ring (bicyclic) bond motifs is 1. The highest BCUT2D eigenvalue weighted by Gasteiger charge is 2.13. The van der Waals surface area contributed by atoms with Crippen LogP contribution in [0.15, 0.2) is 57.6 Å². The molecule has 0 unspecified atom stereocenters. The number of amides is 2. The van der Waals surface area contributed by atoms with Crippen molar-refractivity contribution in [2.24, 2.45) is 0 Å². The normalized spacial score (nSPS) is 10.5. The van der Waals surface area contributed by atoms with E-state index < -0.39 is 5.91 Å². The molecule has 0 aliphatic rings. The summed E-state index contributed by atoms with van der Waals surface area (Å²) in [6.07, 6.45) is 1.53. The van der Waals surface area contributed by atoms with Crippen LogP contribution in [0.25, 0.3) is 11.0 Å². The lowest BCUT2D eigenvalue weighted by atomic mass is 10.2. The average molecular weight is 298 g/mol. The largest absolute Gasteiger partial charge is 0.467 e. The van der Waals surface area contributed by atoms with Crippen molar-refractivity contribution in [3.05, 3.63) is 60.2 Å². The van der Waals surface area contributed by atoms with Gasteiger partial charge in [0.2, 0.25) is 5.91 Å². The van der Waals surface area contributed by atoms with Gasteiger partial charge in [0.25, 0.3) is 5.91 Å². The highest BCUT2D eigenvalue weighted by molar-refractivity contribution is 5.97. The van der Waals surface area contributed by atoms with Crippen LogP contribution in [0.3, 0.4) is 0 Å². The second kappa shape index (κ2) is 6.17. The Balaban J connectivity index is 1.52. The molecule has 6 heteroatoms. The minimum Gasteiger partial charge on any atom is -0.467 e. The number of benzene rings is 1. The fraction of sp³-hybridized carbons (Fsp3) is 0.125. The molecule has 2 aromatic heterocycles. The standard InChI is InChI=1S/C16H14N2O4/c19-15(17-9-12-5-3-7-21-12)10-18-16(20)14-8-11-4-1-2-6-13(11)22-14/h1-8H,9-10H2,(H,17,19)(H,18,20). The summed E-state index contributed by atoms with van der Waals surface area (Å²) >= 11 is 0. The van der Waals surface area contributed by atoms with Crippen molar-refractivity contribution in [1.29, 1.82) is 0 Å². The van der Waals surface area contributed by atoms with Gasteiger partial charge < -0.3 is 19.5 Å². The number of para-hydroxylation sites is 1. The predicted molar refractivity (Wildman–Crippen MR) is 79.1 cm³/mol. The number of hydrogen-bond donors (Lipinski definition) is 2. The third-order valence-electron chi connectivity index (χ3n) is 3.10. The van der Waals surface area contributed by atoms with Crippen LogP contribution in [-0.2, 0) is 11.3 Å². The van der Waals surface area contributed by atoms with E-state index in [1.54, 1.807) is 24.3 Å². The number of carbonyl (C=O) groups is 2. The molecule has 1 aromatic carbocycles. The molecule has 112 valence electrons. The molecule has 0 atom stereocenters. The zero-order chi connectivity index (χ0) is 15.4. The highest BCUT2D eigenvalue weighted by Crippen LogP contribution is 2.18. The lowest BCUT2D eigenvalue weighted by Gasteiger charge is -2.04. The number of furan rings is 2. The van der Waals surface area contributed by atoms with Gasteiger partial charge in [-0.25, -0.2) is 0 Å². The maximum absolute atomic E-state index is 11.9. The van der Waals surface area contributed by atoms with E-state index in [1.165, 1.54) is 6.26 Å². The monoisotopic (exact) mass is 298 g/mol. The van der Waals surface area contributed by atoms with Gasteiger partial charge in [0.15, 0.2) is 5.76 Å². The maximum Gasteiger partial charge on any atom is 0.287 e. The zero-order valence-electron chi connectivity index (χ0n) is 11.7. The van der Waals surface area contributed by atoms with E-state index in [1.807, 2.05) is 18.2 Å². The molecule has 2 amide bonds. The molecule has 0 saturated carbocycles. The molecule has 0 aliphatic carbocycles. The summed E-state index contributed by atoms with van der Waals surface area (Å²) in [7, 11) is 0. The second-order valence-corrected chi connectivity index (χ2v) is 4.69. The Morgan fingerprint density at radius 2 is 1.91 bits per heavy atom. The molecule has 3 aromatic rings. The summed E-state index contributed by atoms with van der Waals surface area (Å²) in [5.41, 5.74) is 0.634. The first-order valence-corrected chi connectivity index (χ1v) is 6.78. The van der Waals surface area contributed by atoms with Gasteiger partial charge in [-0.15, -0.1) is 0 Å². The van der Waals surface area contributed by atoms with Gasteiger partial charge >= 0.3 is 0 Å². The summed E-state index contributed by atoms with van der Waals surface area (Å²) in [6.45, 7) is 0.156. The summed E-state index contributed by atoms with van der Waals surface area (Å²) in [5.74, 6) is 0.0993. The van der Waals surface area contributed by atoms with Crippen LogP contribution in [0.2, 0.25) is 0 Å². The molecule has 2 N–H and O–H groups in total. The molecular formula is C16H14N2O4.